The number of rotatable bonds is 7. The number of hydrogen-bond acceptors (Lipinski definition) is 1. The van der Waals surface area contributed by atoms with Crippen molar-refractivity contribution in [3.63, 3.8) is 0 Å². The summed E-state index contributed by atoms with van der Waals surface area (Å²) in [6.45, 7) is 4.32. The van der Waals surface area contributed by atoms with E-state index in [9.17, 15) is 0 Å². The standard InChI is InChI=1S/C60H47N/c1-40-31-32-54-52(33-40)53-34-41(2)35-57(58(53)59(54,3)4)61(49-37-44(42-19-8-5-9-20-42)36-45(38-49)43-21-10-6-11-22-43)48-26-18-25-47(39-48)60(46-23-12-7-13-24-46)55-29-16-14-27-50(55)51-28-15-17-30-56(51)60/h5-39H,1-4H3/i2D3. The van der Waals surface area contributed by atoms with Gasteiger partial charge in [-0.05, 0) is 134 Å². The van der Waals surface area contributed by atoms with Crippen molar-refractivity contribution in [3.8, 4) is 44.5 Å². The number of benzene rings is 9. The fourth-order valence-corrected chi connectivity index (χ4v) is 10.6. The number of anilines is 3. The molecule has 1 nitrogen and oxygen atoms in total. The van der Waals surface area contributed by atoms with Crippen LogP contribution in [0.1, 0.15) is 62.5 Å². The van der Waals surface area contributed by atoms with Crippen LogP contribution in [-0.4, -0.2) is 0 Å². The van der Waals surface area contributed by atoms with Gasteiger partial charge in [0.2, 0.25) is 0 Å². The van der Waals surface area contributed by atoms with Crippen molar-refractivity contribution in [1.29, 1.82) is 0 Å². The lowest BCUT2D eigenvalue weighted by Gasteiger charge is -2.36. The Morgan fingerprint density at radius 2 is 0.951 bits per heavy atom. The van der Waals surface area contributed by atoms with Crippen molar-refractivity contribution in [1.82, 2.24) is 0 Å². The minimum absolute atomic E-state index is 0.314. The van der Waals surface area contributed by atoms with Crippen LogP contribution in [0.15, 0.2) is 212 Å². The fraction of sp³-hybridized carbons (Fsp3) is 0.100. The third-order valence-corrected chi connectivity index (χ3v) is 13.2. The van der Waals surface area contributed by atoms with Gasteiger partial charge >= 0.3 is 0 Å². The Morgan fingerprint density at radius 3 is 1.57 bits per heavy atom. The Bertz CT molecular complexity index is 3140. The zero-order valence-corrected chi connectivity index (χ0v) is 34.7. The first-order chi connectivity index (χ1) is 31.0. The molecule has 0 aromatic heterocycles. The van der Waals surface area contributed by atoms with Crippen molar-refractivity contribution >= 4 is 17.1 Å². The molecule has 0 radical (unpaired) electrons. The molecule has 0 spiro atoms. The molecule has 1 heteroatoms. The van der Waals surface area contributed by atoms with Gasteiger partial charge in [0.25, 0.3) is 0 Å². The van der Waals surface area contributed by atoms with Crippen LogP contribution >= 0.6 is 0 Å². The van der Waals surface area contributed by atoms with Gasteiger partial charge < -0.3 is 4.90 Å². The van der Waals surface area contributed by atoms with Gasteiger partial charge in [-0.2, -0.15) is 0 Å². The Morgan fingerprint density at radius 1 is 0.393 bits per heavy atom. The van der Waals surface area contributed by atoms with Crippen molar-refractivity contribution in [2.75, 3.05) is 4.90 Å². The third-order valence-electron chi connectivity index (χ3n) is 13.2. The molecule has 0 aliphatic heterocycles. The molecule has 9 aromatic rings. The monoisotopic (exact) mass is 784 g/mol. The normalized spacial score (nSPS) is 14.8. The summed E-state index contributed by atoms with van der Waals surface area (Å²) in [6, 6.07) is 76.0. The van der Waals surface area contributed by atoms with Crippen LogP contribution in [0.5, 0.6) is 0 Å². The summed E-state index contributed by atoms with van der Waals surface area (Å²) in [6.07, 6.45) is 0. The first-order valence-corrected chi connectivity index (χ1v) is 21.3. The van der Waals surface area contributed by atoms with Crippen LogP contribution in [-0.2, 0) is 10.8 Å². The summed E-state index contributed by atoms with van der Waals surface area (Å²) in [7, 11) is 0. The first-order valence-electron chi connectivity index (χ1n) is 22.8. The smallest absolute Gasteiger partial charge is 0.0714 e. The molecule has 0 amide bonds. The summed E-state index contributed by atoms with van der Waals surface area (Å²) in [4.78, 5) is 2.35. The van der Waals surface area contributed by atoms with Crippen LogP contribution < -0.4 is 4.90 Å². The quantitative estimate of drug-likeness (QED) is 0.156. The van der Waals surface area contributed by atoms with Gasteiger partial charge in [-0.15, -0.1) is 0 Å². The lowest BCUT2D eigenvalue weighted by Crippen LogP contribution is -2.29. The average molecular weight is 785 g/mol. The summed E-state index contributed by atoms with van der Waals surface area (Å²) in [5.41, 5.74) is 19.0. The maximum absolute atomic E-state index is 8.92. The van der Waals surface area contributed by atoms with E-state index in [-0.39, 0.29) is 0 Å². The SMILES string of the molecule is [2H]C([2H])([2H])c1cc2c(c(N(c3cc(-c4ccccc4)cc(-c4ccccc4)c3)c3cccc(C4(c5ccccc5)c5ccccc5-c5ccccc54)c3)c1)C(C)(C)c1ccc(C)cc1-2. The number of aryl methyl sites for hydroxylation is 2. The zero-order valence-electron chi connectivity index (χ0n) is 37.7. The van der Waals surface area contributed by atoms with Gasteiger partial charge in [0.15, 0.2) is 0 Å². The largest absolute Gasteiger partial charge is 0.310 e. The molecule has 2 aliphatic rings. The molecule has 0 fully saturated rings. The Balaban J connectivity index is 1.26. The summed E-state index contributed by atoms with van der Waals surface area (Å²) >= 11 is 0. The van der Waals surface area contributed by atoms with Crippen LogP contribution in [0.25, 0.3) is 44.5 Å². The maximum Gasteiger partial charge on any atom is 0.0714 e. The molecule has 9 aromatic carbocycles. The third kappa shape index (κ3) is 5.76. The maximum atomic E-state index is 8.92. The second-order valence-electron chi connectivity index (χ2n) is 17.2. The average Bonchev–Trinajstić information content (AvgIpc) is 3.75. The highest BCUT2D eigenvalue weighted by Gasteiger charge is 2.46. The van der Waals surface area contributed by atoms with Crippen molar-refractivity contribution in [3.05, 3.63) is 257 Å². The first kappa shape index (κ1) is 33.6. The highest BCUT2D eigenvalue weighted by atomic mass is 15.1. The molecule has 292 valence electrons. The topological polar surface area (TPSA) is 3.24 Å². The van der Waals surface area contributed by atoms with Crippen LogP contribution in [0, 0.1) is 13.8 Å². The van der Waals surface area contributed by atoms with E-state index < -0.39 is 17.7 Å². The van der Waals surface area contributed by atoms with Gasteiger partial charge in [0.05, 0.1) is 11.1 Å². The second-order valence-corrected chi connectivity index (χ2v) is 17.2. The predicted molar refractivity (Wildman–Crippen MR) is 256 cm³/mol. The lowest BCUT2D eigenvalue weighted by molar-refractivity contribution is 0.660. The highest BCUT2D eigenvalue weighted by Crippen LogP contribution is 2.58. The van der Waals surface area contributed by atoms with Crippen molar-refractivity contribution in [2.24, 2.45) is 0 Å². The number of hydrogen-bond donors (Lipinski definition) is 0. The molecule has 0 atom stereocenters. The highest BCUT2D eigenvalue weighted by molar-refractivity contribution is 5.94. The van der Waals surface area contributed by atoms with E-state index in [0.29, 0.717) is 5.56 Å². The van der Waals surface area contributed by atoms with E-state index in [4.69, 9.17) is 4.11 Å². The van der Waals surface area contributed by atoms with Gasteiger partial charge in [0, 0.05) is 20.9 Å². The Hall–Kier alpha value is -7.22. The van der Waals surface area contributed by atoms with E-state index in [1.165, 1.54) is 33.4 Å². The number of nitrogens with zero attached hydrogens (tertiary/aromatic N) is 1. The summed E-state index contributed by atoms with van der Waals surface area (Å²) in [5, 5.41) is 0. The van der Waals surface area contributed by atoms with E-state index in [0.717, 1.165) is 67.1 Å². The van der Waals surface area contributed by atoms with Gasteiger partial charge in [-0.1, -0.05) is 195 Å². The molecule has 11 rings (SSSR count). The van der Waals surface area contributed by atoms with Crippen LogP contribution in [0.2, 0.25) is 0 Å². The fourth-order valence-electron chi connectivity index (χ4n) is 10.6. The second kappa shape index (κ2) is 14.2. The molecule has 61 heavy (non-hydrogen) atoms. The minimum atomic E-state index is -2.36. The van der Waals surface area contributed by atoms with E-state index >= 15 is 0 Å². The molecule has 0 bridgehead atoms. The van der Waals surface area contributed by atoms with E-state index in [1.54, 1.807) is 0 Å². The van der Waals surface area contributed by atoms with Gasteiger partial charge in [0.1, 0.15) is 0 Å². The molecule has 2 aliphatic carbocycles. The van der Waals surface area contributed by atoms with Crippen LogP contribution in [0.4, 0.5) is 17.1 Å². The molecular weight excluding hydrogens is 735 g/mol. The predicted octanol–water partition coefficient (Wildman–Crippen LogP) is 15.8. The molecular formula is C60H47N. The summed E-state index contributed by atoms with van der Waals surface area (Å²) < 4.78 is 26.8. The number of fused-ring (bicyclic) bond motifs is 6. The van der Waals surface area contributed by atoms with Crippen LogP contribution in [0.3, 0.4) is 0 Å². The molecule has 0 saturated carbocycles. The molecule has 0 saturated heterocycles. The molecule has 0 unspecified atom stereocenters. The minimum Gasteiger partial charge on any atom is -0.310 e. The van der Waals surface area contributed by atoms with E-state index in [2.05, 4.69) is 226 Å². The van der Waals surface area contributed by atoms with Crippen molar-refractivity contribution in [2.45, 2.75) is 38.5 Å². The lowest BCUT2D eigenvalue weighted by atomic mass is 9.67. The molecule has 0 N–H and O–H groups in total. The van der Waals surface area contributed by atoms with E-state index in [1.807, 2.05) is 12.1 Å². The van der Waals surface area contributed by atoms with Gasteiger partial charge in [-0.3, -0.25) is 0 Å². The Kier molecular flexibility index (Phi) is 7.83. The Labute approximate surface area is 364 Å². The zero-order chi connectivity index (χ0) is 43.8. The van der Waals surface area contributed by atoms with Crippen molar-refractivity contribution < 1.29 is 4.11 Å². The molecule has 0 heterocycles. The van der Waals surface area contributed by atoms with Gasteiger partial charge in [-0.25, -0.2) is 0 Å². The summed E-state index contributed by atoms with van der Waals surface area (Å²) in [5.74, 6) is 0.